The number of carbonyl (C=O) groups is 1. The third-order valence-electron chi connectivity index (χ3n) is 10.7. The molecule has 0 spiro atoms. The second kappa shape index (κ2) is 9.76. The van der Waals surface area contributed by atoms with Gasteiger partial charge in [0.2, 0.25) is 5.91 Å². The lowest BCUT2D eigenvalue weighted by atomic mass is 9.44. The van der Waals surface area contributed by atoms with E-state index >= 15 is 0 Å². The maximum Gasteiger partial charge on any atom is 0.220 e. The van der Waals surface area contributed by atoms with Gasteiger partial charge < -0.3 is 5.32 Å². The molecule has 3 saturated carbocycles. The van der Waals surface area contributed by atoms with Crippen molar-refractivity contribution < 1.29 is 4.79 Å². The van der Waals surface area contributed by atoms with E-state index in [1.807, 2.05) is 13.8 Å². The largest absolute Gasteiger partial charge is 0.353 e. The quantitative estimate of drug-likeness (QED) is 0.471. The summed E-state index contributed by atoms with van der Waals surface area (Å²) in [5, 5.41) is 3.41. The average Bonchev–Trinajstić information content (AvgIpc) is 3.08. The summed E-state index contributed by atoms with van der Waals surface area (Å²) in [7, 11) is 0. The van der Waals surface area contributed by atoms with Crippen molar-refractivity contribution in [1.29, 1.82) is 0 Å². The molecule has 1 heterocycles. The smallest absolute Gasteiger partial charge is 0.220 e. The van der Waals surface area contributed by atoms with Crippen LogP contribution in [0.15, 0.2) is 0 Å². The molecule has 0 aromatic heterocycles. The SMILES string of the molecule is CC.CC(C)CCCC(C)C1CCC2C3C(C)CC4NC(=O)CC[C@]4(C)C3CC[C@]12C. The fourth-order valence-corrected chi connectivity index (χ4v) is 9.07. The third-order valence-corrected chi connectivity index (χ3v) is 10.7. The Labute approximate surface area is 194 Å². The van der Waals surface area contributed by atoms with Gasteiger partial charge in [0.15, 0.2) is 0 Å². The number of hydrogen-bond donors (Lipinski definition) is 1. The molecule has 1 aliphatic heterocycles. The molecule has 0 bridgehead atoms. The molecule has 1 saturated heterocycles. The Hall–Kier alpha value is -0.530. The lowest BCUT2D eigenvalue weighted by Gasteiger charge is -2.62. The first-order chi connectivity index (χ1) is 14.7. The lowest BCUT2D eigenvalue weighted by Crippen LogP contribution is -2.63. The summed E-state index contributed by atoms with van der Waals surface area (Å²) in [6.45, 7) is 19.0. The Morgan fingerprint density at radius 2 is 1.65 bits per heavy atom. The molecule has 180 valence electrons. The van der Waals surface area contributed by atoms with Gasteiger partial charge in [-0.1, -0.05) is 74.7 Å². The predicted molar refractivity (Wildman–Crippen MR) is 133 cm³/mol. The highest BCUT2D eigenvalue weighted by Crippen LogP contribution is 2.67. The van der Waals surface area contributed by atoms with Crippen LogP contribution >= 0.6 is 0 Å². The van der Waals surface area contributed by atoms with Gasteiger partial charge in [-0.3, -0.25) is 4.79 Å². The van der Waals surface area contributed by atoms with Crippen molar-refractivity contribution in [3.05, 3.63) is 0 Å². The Morgan fingerprint density at radius 1 is 0.968 bits per heavy atom. The molecule has 0 radical (unpaired) electrons. The highest BCUT2D eigenvalue weighted by Gasteiger charge is 2.62. The maximum absolute atomic E-state index is 12.1. The van der Waals surface area contributed by atoms with Crippen LogP contribution in [0.5, 0.6) is 0 Å². The first-order valence-electron chi connectivity index (χ1n) is 14.0. The van der Waals surface area contributed by atoms with Gasteiger partial charge in [-0.15, -0.1) is 0 Å². The minimum Gasteiger partial charge on any atom is -0.353 e. The molecule has 4 fully saturated rings. The van der Waals surface area contributed by atoms with Crippen LogP contribution in [0.3, 0.4) is 0 Å². The Bertz CT molecular complexity index is 614. The number of piperidine rings is 1. The van der Waals surface area contributed by atoms with Crippen molar-refractivity contribution in [3.63, 3.8) is 0 Å². The predicted octanol–water partition coefficient (Wildman–Crippen LogP) is 7.86. The summed E-state index contributed by atoms with van der Waals surface area (Å²) in [5.74, 6) is 6.36. The molecule has 3 aliphatic carbocycles. The van der Waals surface area contributed by atoms with Crippen LogP contribution in [-0.2, 0) is 4.79 Å². The molecular weight excluding hydrogens is 378 g/mol. The van der Waals surface area contributed by atoms with Crippen LogP contribution in [0.2, 0.25) is 0 Å². The van der Waals surface area contributed by atoms with Gasteiger partial charge in [-0.2, -0.15) is 0 Å². The molecule has 2 heteroatoms. The van der Waals surface area contributed by atoms with Gasteiger partial charge in [0, 0.05) is 12.5 Å². The number of nitrogens with one attached hydrogen (secondary N) is 1. The van der Waals surface area contributed by atoms with E-state index in [1.165, 1.54) is 51.4 Å². The molecule has 4 rings (SSSR count). The van der Waals surface area contributed by atoms with Gasteiger partial charge in [0.1, 0.15) is 0 Å². The van der Waals surface area contributed by atoms with E-state index in [9.17, 15) is 4.79 Å². The molecule has 9 atom stereocenters. The van der Waals surface area contributed by atoms with Crippen molar-refractivity contribution in [1.82, 2.24) is 5.32 Å². The fraction of sp³-hybridized carbons (Fsp3) is 0.966. The summed E-state index contributed by atoms with van der Waals surface area (Å²) in [4.78, 5) is 12.1. The Morgan fingerprint density at radius 3 is 2.32 bits per heavy atom. The van der Waals surface area contributed by atoms with Gasteiger partial charge in [0.25, 0.3) is 0 Å². The number of amides is 1. The van der Waals surface area contributed by atoms with E-state index in [-0.39, 0.29) is 0 Å². The Balaban J connectivity index is 0.00000132. The molecule has 7 unspecified atom stereocenters. The number of fused-ring (bicyclic) bond motifs is 5. The second-order valence-corrected chi connectivity index (χ2v) is 12.7. The molecule has 2 nitrogen and oxygen atoms in total. The van der Waals surface area contributed by atoms with Crippen LogP contribution in [-0.4, -0.2) is 11.9 Å². The van der Waals surface area contributed by atoms with E-state index < -0.39 is 0 Å². The fourth-order valence-electron chi connectivity index (χ4n) is 9.07. The van der Waals surface area contributed by atoms with E-state index in [2.05, 4.69) is 46.9 Å². The standard InChI is InChI=1S/C27H47NO.C2H6/c1-17(2)8-7-9-18(3)20-10-11-21-25-19(4)16-23-27(6,15-13-24(29)28-23)22(25)12-14-26(20,21)5;1-2/h17-23,25H,7-16H2,1-6H3,(H,28,29);1-2H3/t18?,19?,20?,21?,22?,23?,25?,26-,27-;/m1./s1. The molecule has 0 aromatic carbocycles. The second-order valence-electron chi connectivity index (χ2n) is 12.7. The number of rotatable bonds is 5. The average molecular weight is 432 g/mol. The monoisotopic (exact) mass is 431 g/mol. The van der Waals surface area contributed by atoms with E-state index in [1.54, 1.807) is 0 Å². The first-order valence-corrected chi connectivity index (χ1v) is 14.0. The third kappa shape index (κ3) is 4.48. The minimum absolute atomic E-state index is 0.301. The van der Waals surface area contributed by atoms with E-state index in [0.29, 0.717) is 22.8 Å². The van der Waals surface area contributed by atoms with Crippen LogP contribution in [0.25, 0.3) is 0 Å². The van der Waals surface area contributed by atoms with Crippen molar-refractivity contribution in [2.75, 3.05) is 0 Å². The summed E-state index contributed by atoms with van der Waals surface area (Å²) in [5.41, 5.74) is 0.904. The lowest BCUT2D eigenvalue weighted by molar-refractivity contribution is -0.144. The molecule has 1 N–H and O–H groups in total. The van der Waals surface area contributed by atoms with Gasteiger partial charge >= 0.3 is 0 Å². The maximum atomic E-state index is 12.1. The molecular formula is C29H53NO. The van der Waals surface area contributed by atoms with Crippen LogP contribution in [0.4, 0.5) is 0 Å². The number of carbonyl (C=O) groups excluding carboxylic acids is 1. The summed E-state index contributed by atoms with van der Waals surface area (Å²) in [6, 6.07) is 0.427. The summed E-state index contributed by atoms with van der Waals surface area (Å²) < 4.78 is 0. The van der Waals surface area contributed by atoms with E-state index in [0.717, 1.165) is 54.3 Å². The molecule has 4 aliphatic rings. The van der Waals surface area contributed by atoms with E-state index in [4.69, 9.17) is 0 Å². The van der Waals surface area contributed by atoms with Crippen molar-refractivity contribution in [2.45, 2.75) is 126 Å². The first kappa shape index (κ1) is 25.1. The molecule has 1 amide bonds. The van der Waals surface area contributed by atoms with Crippen LogP contribution in [0.1, 0.15) is 120 Å². The van der Waals surface area contributed by atoms with Crippen LogP contribution < -0.4 is 5.32 Å². The van der Waals surface area contributed by atoms with Gasteiger partial charge in [-0.25, -0.2) is 0 Å². The zero-order chi connectivity index (χ0) is 23.0. The van der Waals surface area contributed by atoms with Crippen molar-refractivity contribution in [2.24, 2.45) is 52.3 Å². The highest BCUT2D eigenvalue weighted by molar-refractivity contribution is 5.77. The van der Waals surface area contributed by atoms with Gasteiger partial charge in [-0.05, 0) is 90.8 Å². The summed E-state index contributed by atoms with van der Waals surface area (Å²) in [6.07, 6.45) is 13.1. The topological polar surface area (TPSA) is 29.1 Å². The zero-order valence-corrected chi connectivity index (χ0v) is 22.1. The van der Waals surface area contributed by atoms with Crippen LogP contribution in [0, 0.1) is 52.3 Å². The van der Waals surface area contributed by atoms with Crippen molar-refractivity contribution in [3.8, 4) is 0 Å². The molecule has 31 heavy (non-hydrogen) atoms. The van der Waals surface area contributed by atoms with Crippen molar-refractivity contribution >= 4 is 5.91 Å². The number of hydrogen-bond acceptors (Lipinski definition) is 1. The minimum atomic E-state index is 0.301. The zero-order valence-electron chi connectivity index (χ0n) is 22.1. The normalized spacial score (nSPS) is 45.0. The highest BCUT2D eigenvalue weighted by atomic mass is 16.1. The van der Waals surface area contributed by atoms with Gasteiger partial charge in [0.05, 0.1) is 0 Å². The molecule has 0 aromatic rings. The summed E-state index contributed by atoms with van der Waals surface area (Å²) >= 11 is 0. The Kier molecular flexibility index (Phi) is 7.90.